The number of aromatic nitrogens is 1. The van der Waals surface area contributed by atoms with E-state index in [9.17, 15) is 10.0 Å². The number of carbonyl (C=O) groups is 1. The fourth-order valence-corrected chi connectivity index (χ4v) is 3.06. The molecule has 1 saturated heterocycles. The van der Waals surface area contributed by atoms with E-state index in [1.54, 1.807) is 18.2 Å². The van der Waals surface area contributed by atoms with E-state index in [1.807, 2.05) is 18.2 Å². The van der Waals surface area contributed by atoms with Crippen molar-refractivity contribution in [1.82, 2.24) is 10.2 Å². The van der Waals surface area contributed by atoms with Gasteiger partial charge in [-0.05, 0) is 25.0 Å². The van der Waals surface area contributed by atoms with Crippen LogP contribution >= 0.6 is 0 Å². The number of pyridine rings is 1. The first-order valence-corrected chi connectivity index (χ1v) is 7.93. The molecule has 1 aromatic carbocycles. The van der Waals surface area contributed by atoms with Crippen molar-refractivity contribution in [2.24, 2.45) is 0 Å². The van der Waals surface area contributed by atoms with Crippen LogP contribution in [0.5, 0.6) is 0 Å². The molecule has 1 aliphatic heterocycles. The molecule has 0 bridgehead atoms. The molecular weight excluding hydrogens is 290 g/mol. The lowest BCUT2D eigenvalue weighted by Crippen LogP contribution is -2.43. The molecule has 0 aliphatic carbocycles. The summed E-state index contributed by atoms with van der Waals surface area (Å²) in [5, 5.41) is 14.6. The van der Waals surface area contributed by atoms with Gasteiger partial charge in [-0.25, -0.2) is 0 Å². The molecule has 5 nitrogen and oxygen atoms in total. The van der Waals surface area contributed by atoms with Gasteiger partial charge in [-0.2, -0.15) is 4.73 Å². The van der Waals surface area contributed by atoms with E-state index in [0.29, 0.717) is 10.8 Å². The van der Waals surface area contributed by atoms with Crippen molar-refractivity contribution in [1.29, 1.82) is 0 Å². The van der Waals surface area contributed by atoms with Crippen LogP contribution in [0.4, 0.5) is 0 Å². The molecule has 0 saturated carbocycles. The summed E-state index contributed by atoms with van der Waals surface area (Å²) in [7, 11) is 0. The summed E-state index contributed by atoms with van der Waals surface area (Å²) in [4.78, 5) is 14.6. The van der Waals surface area contributed by atoms with Gasteiger partial charge in [-0.3, -0.25) is 9.69 Å². The smallest absolute Gasteiger partial charge is 0.317 e. The van der Waals surface area contributed by atoms with Crippen molar-refractivity contribution in [2.75, 3.05) is 13.1 Å². The minimum atomic E-state index is -0.306. The average molecular weight is 311 g/mol. The van der Waals surface area contributed by atoms with Gasteiger partial charge in [0.05, 0.1) is 0 Å². The molecule has 5 heteroatoms. The molecule has 1 amide bonds. The SMILES string of the molecule is C[C@H](c1ccccc1)N1CC[C@H](NC(=O)c2cccc[n+]2[O-])C1. The van der Waals surface area contributed by atoms with Crippen molar-refractivity contribution in [2.45, 2.75) is 25.4 Å². The number of rotatable bonds is 4. The Morgan fingerprint density at radius 3 is 2.74 bits per heavy atom. The van der Waals surface area contributed by atoms with Gasteiger partial charge in [-0.1, -0.05) is 30.3 Å². The number of hydrogen-bond acceptors (Lipinski definition) is 3. The lowest BCUT2D eigenvalue weighted by Gasteiger charge is -2.24. The summed E-state index contributed by atoms with van der Waals surface area (Å²) in [5.41, 5.74) is 1.42. The van der Waals surface area contributed by atoms with Crippen molar-refractivity contribution < 1.29 is 9.52 Å². The van der Waals surface area contributed by atoms with Crippen LogP contribution < -0.4 is 10.0 Å². The number of amides is 1. The van der Waals surface area contributed by atoms with Crippen molar-refractivity contribution in [3.05, 3.63) is 71.2 Å². The van der Waals surface area contributed by atoms with Gasteiger partial charge in [0.25, 0.3) is 5.69 Å². The van der Waals surface area contributed by atoms with Gasteiger partial charge >= 0.3 is 5.91 Å². The second kappa shape index (κ2) is 6.79. The van der Waals surface area contributed by atoms with E-state index in [2.05, 4.69) is 29.3 Å². The Hall–Kier alpha value is -2.40. The van der Waals surface area contributed by atoms with Crippen molar-refractivity contribution >= 4 is 5.91 Å². The summed E-state index contributed by atoms with van der Waals surface area (Å²) < 4.78 is 0.606. The Kier molecular flexibility index (Phi) is 4.57. The van der Waals surface area contributed by atoms with Gasteiger partial charge in [0, 0.05) is 37.3 Å². The molecule has 0 radical (unpaired) electrons. The van der Waals surface area contributed by atoms with Crippen LogP contribution in [-0.2, 0) is 0 Å². The molecule has 3 rings (SSSR count). The molecule has 1 N–H and O–H groups in total. The van der Waals surface area contributed by atoms with Crippen LogP contribution in [0.15, 0.2) is 54.7 Å². The highest BCUT2D eigenvalue weighted by Gasteiger charge is 2.29. The van der Waals surface area contributed by atoms with Gasteiger partial charge in [0.2, 0.25) is 0 Å². The van der Waals surface area contributed by atoms with Crippen LogP contribution in [0, 0.1) is 5.21 Å². The summed E-state index contributed by atoms with van der Waals surface area (Å²) in [6.45, 7) is 3.92. The summed E-state index contributed by atoms with van der Waals surface area (Å²) in [6, 6.07) is 15.6. The molecule has 23 heavy (non-hydrogen) atoms. The zero-order valence-corrected chi connectivity index (χ0v) is 13.2. The normalized spacial score (nSPS) is 19.4. The maximum atomic E-state index is 12.2. The lowest BCUT2D eigenvalue weighted by molar-refractivity contribution is -0.607. The fourth-order valence-electron chi connectivity index (χ4n) is 3.06. The number of likely N-dealkylation sites (tertiary alicyclic amines) is 1. The summed E-state index contributed by atoms with van der Waals surface area (Å²) >= 11 is 0. The number of carbonyl (C=O) groups excluding carboxylic acids is 1. The van der Waals surface area contributed by atoms with Crippen LogP contribution in [0.25, 0.3) is 0 Å². The Balaban J connectivity index is 1.60. The predicted molar refractivity (Wildman–Crippen MR) is 87.7 cm³/mol. The van der Waals surface area contributed by atoms with E-state index in [1.165, 1.54) is 11.8 Å². The van der Waals surface area contributed by atoms with E-state index in [0.717, 1.165) is 19.5 Å². The number of nitrogens with zero attached hydrogens (tertiary/aromatic N) is 2. The minimum absolute atomic E-state index is 0.0777. The monoisotopic (exact) mass is 311 g/mol. The molecular formula is C18H21N3O2. The number of benzene rings is 1. The minimum Gasteiger partial charge on any atom is -0.618 e. The maximum absolute atomic E-state index is 12.2. The third-order valence-corrected chi connectivity index (χ3v) is 4.44. The Morgan fingerprint density at radius 2 is 2.00 bits per heavy atom. The molecule has 1 aliphatic rings. The van der Waals surface area contributed by atoms with Crippen molar-refractivity contribution in [3.63, 3.8) is 0 Å². The van der Waals surface area contributed by atoms with Crippen LogP contribution in [0.3, 0.4) is 0 Å². The predicted octanol–water partition coefficient (Wildman–Crippen LogP) is 1.89. The third kappa shape index (κ3) is 3.51. The quantitative estimate of drug-likeness (QED) is 0.693. The van der Waals surface area contributed by atoms with Crippen LogP contribution in [0.1, 0.15) is 35.4 Å². The highest BCUT2D eigenvalue weighted by atomic mass is 16.5. The average Bonchev–Trinajstić information content (AvgIpc) is 3.03. The van der Waals surface area contributed by atoms with E-state index in [-0.39, 0.29) is 17.6 Å². The Morgan fingerprint density at radius 1 is 1.26 bits per heavy atom. The van der Waals surface area contributed by atoms with Crippen LogP contribution in [-0.4, -0.2) is 29.9 Å². The molecule has 0 spiro atoms. The number of hydrogen-bond donors (Lipinski definition) is 1. The standard InChI is InChI=1S/C18H21N3O2/c1-14(15-7-3-2-4-8-15)20-12-10-16(13-20)19-18(22)17-9-5-6-11-21(17)23/h2-9,11,14,16H,10,12-13H2,1H3,(H,19,22)/t14-,16+/m1/s1. The van der Waals surface area contributed by atoms with Gasteiger partial charge < -0.3 is 10.5 Å². The Bertz CT molecular complexity index is 675. The van der Waals surface area contributed by atoms with Gasteiger partial charge in [0.1, 0.15) is 0 Å². The highest BCUT2D eigenvalue weighted by molar-refractivity contribution is 5.91. The molecule has 1 aromatic heterocycles. The molecule has 1 fully saturated rings. The van der Waals surface area contributed by atoms with E-state index < -0.39 is 0 Å². The van der Waals surface area contributed by atoms with Crippen molar-refractivity contribution in [3.8, 4) is 0 Å². The maximum Gasteiger partial charge on any atom is 0.317 e. The largest absolute Gasteiger partial charge is 0.618 e. The molecule has 120 valence electrons. The topological polar surface area (TPSA) is 59.3 Å². The Labute approximate surface area is 136 Å². The lowest BCUT2D eigenvalue weighted by atomic mass is 10.1. The third-order valence-electron chi connectivity index (χ3n) is 4.44. The van der Waals surface area contributed by atoms with Crippen LogP contribution in [0.2, 0.25) is 0 Å². The second-order valence-electron chi connectivity index (χ2n) is 5.95. The zero-order valence-electron chi connectivity index (χ0n) is 13.2. The zero-order chi connectivity index (χ0) is 16.2. The molecule has 2 heterocycles. The molecule has 2 aromatic rings. The van der Waals surface area contributed by atoms with E-state index in [4.69, 9.17) is 0 Å². The molecule has 0 unspecified atom stereocenters. The fraction of sp³-hybridized carbons (Fsp3) is 0.333. The van der Waals surface area contributed by atoms with E-state index >= 15 is 0 Å². The first kappa shape index (κ1) is 15.5. The first-order valence-electron chi connectivity index (χ1n) is 7.93. The number of nitrogens with one attached hydrogen (secondary N) is 1. The summed E-state index contributed by atoms with van der Waals surface area (Å²) in [5.74, 6) is -0.306. The first-order chi connectivity index (χ1) is 11.1. The summed E-state index contributed by atoms with van der Waals surface area (Å²) in [6.07, 6.45) is 2.24. The van der Waals surface area contributed by atoms with Gasteiger partial charge in [0.15, 0.2) is 6.20 Å². The molecule has 2 atom stereocenters. The highest BCUT2D eigenvalue weighted by Crippen LogP contribution is 2.24. The van der Waals surface area contributed by atoms with Gasteiger partial charge in [-0.15, -0.1) is 0 Å². The second-order valence-corrected chi connectivity index (χ2v) is 5.95.